The fourth-order valence-corrected chi connectivity index (χ4v) is 2.51. The molecule has 0 atom stereocenters. The molecule has 0 aliphatic rings. The van der Waals surface area contributed by atoms with Crippen LogP contribution in [-0.4, -0.2) is 42.1 Å². The minimum Gasteiger partial charge on any atom is -0.385 e. The van der Waals surface area contributed by atoms with Gasteiger partial charge in [-0.3, -0.25) is 25.0 Å². The Morgan fingerprint density at radius 3 is 2.21 bits per heavy atom. The first-order chi connectivity index (χ1) is 13.9. The Morgan fingerprint density at radius 2 is 1.62 bits per heavy atom. The quantitative estimate of drug-likeness (QED) is 0.261. The molecule has 0 heterocycles. The van der Waals surface area contributed by atoms with Crippen LogP contribution in [0.25, 0.3) is 0 Å². The summed E-state index contributed by atoms with van der Waals surface area (Å²) in [6.45, 7) is 1.09. The summed E-state index contributed by atoms with van der Waals surface area (Å²) >= 11 is 5.10. The molecular weight excluding hydrogens is 396 g/mol. The number of thiocarbonyl (C=S) groups is 1. The Kier molecular flexibility index (Phi) is 8.19. The number of hydrogen-bond donors (Lipinski definition) is 3. The first-order valence-corrected chi connectivity index (χ1v) is 9.05. The monoisotopic (exact) mass is 416 g/mol. The number of rotatable bonds is 8. The summed E-state index contributed by atoms with van der Waals surface area (Å²) in [6.07, 6.45) is 0.727. The van der Waals surface area contributed by atoms with Crippen LogP contribution in [0.4, 0.5) is 11.4 Å². The van der Waals surface area contributed by atoms with Crippen molar-refractivity contribution in [2.75, 3.05) is 25.6 Å². The third-order valence-electron chi connectivity index (χ3n) is 3.78. The molecule has 0 unspecified atom stereocenters. The molecule has 2 aromatic rings. The molecule has 0 radical (unpaired) electrons. The van der Waals surface area contributed by atoms with E-state index >= 15 is 0 Å². The molecule has 152 valence electrons. The van der Waals surface area contributed by atoms with Crippen molar-refractivity contribution in [3.63, 3.8) is 0 Å². The molecule has 0 aromatic heterocycles. The Balaban J connectivity index is 1.86. The number of carbonyl (C=O) groups is 2. The number of non-ortho nitro benzene ring substituents is 1. The number of nitrogens with one attached hydrogen (secondary N) is 3. The van der Waals surface area contributed by atoms with Crippen LogP contribution in [-0.2, 0) is 4.74 Å². The maximum Gasteiger partial charge on any atom is 0.269 e. The highest BCUT2D eigenvalue weighted by Gasteiger charge is 2.11. The minimum absolute atomic E-state index is 0.0603. The Hall–Kier alpha value is -3.37. The maximum absolute atomic E-state index is 12.1. The summed E-state index contributed by atoms with van der Waals surface area (Å²) in [5.41, 5.74) is 1.22. The summed E-state index contributed by atoms with van der Waals surface area (Å²) in [5.74, 6) is -0.689. The standard InChI is InChI=1S/C19H20N4O5S/c1-28-12-2-11-20-17(24)13-3-7-15(8-4-13)21-19(29)22-18(25)14-5-9-16(10-6-14)23(26)27/h3-10H,2,11-12H2,1H3,(H,20,24)(H2,21,22,25,29). The van der Waals surface area contributed by atoms with Gasteiger partial charge in [-0.25, -0.2) is 0 Å². The van der Waals surface area contributed by atoms with Gasteiger partial charge in [-0.1, -0.05) is 0 Å². The van der Waals surface area contributed by atoms with Crippen molar-refractivity contribution in [3.05, 3.63) is 69.8 Å². The lowest BCUT2D eigenvalue weighted by Crippen LogP contribution is -2.34. The first kappa shape index (κ1) is 21.9. The second kappa shape index (κ2) is 10.8. The molecule has 0 fully saturated rings. The fraction of sp³-hybridized carbons (Fsp3) is 0.211. The lowest BCUT2D eigenvalue weighted by Gasteiger charge is -2.10. The van der Waals surface area contributed by atoms with Gasteiger partial charge in [-0.15, -0.1) is 0 Å². The second-order valence-electron chi connectivity index (χ2n) is 5.89. The molecule has 10 heteroatoms. The smallest absolute Gasteiger partial charge is 0.269 e. The second-order valence-corrected chi connectivity index (χ2v) is 6.30. The number of benzene rings is 2. The molecular formula is C19H20N4O5S. The van der Waals surface area contributed by atoms with Crippen LogP contribution in [0.2, 0.25) is 0 Å². The molecule has 2 aromatic carbocycles. The lowest BCUT2D eigenvalue weighted by atomic mass is 10.2. The predicted molar refractivity (Wildman–Crippen MR) is 112 cm³/mol. The minimum atomic E-state index is -0.544. The van der Waals surface area contributed by atoms with E-state index < -0.39 is 10.8 Å². The van der Waals surface area contributed by atoms with E-state index in [4.69, 9.17) is 17.0 Å². The third-order valence-corrected chi connectivity index (χ3v) is 3.99. The van der Waals surface area contributed by atoms with Gasteiger partial charge in [0.05, 0.1) is 4.92 Å². The number of nitrogens with zero attached hydrogens (tertiary/aromatic N) is 1. The zero-order valence-electron chi connectivity index (χ0n) is 15.6. The summed E-state index contributed by atoms with van der Waals surface area (Å²) < 4.78 is 4.92. The van der Waals surface area contributed by atoms with E-state index in [1.54, 1.807) is 31.4 Å². The number of amides is 2. The van der Waals surface area contributed by atoms with Gasteiger partial charge >= 0.3 is 0 Å². The topological polar surface area (TPSA) is 123 Å². The number of carbonyl (C=O) groups excluding carboxylic acids is 2. The largest absolute Gasteiger partial charge is 0.385 e. The van der Waals surface area contributed by atoms with E-state index in [1.165, 1.54) is 24.3 Å². The van der Waals surface area contributed by atoms with Crippen LogP contribution < -0.4 is 16.0 Å². The zero-order chi connectivity index (χ0) is 21.2. The van der Waals surface area contributed by atoms with Gasteiger partial charge in [-0.05, 0) is 55.0 Å². The highest BCUT2D eigenvalue weighted by Crippen LogP contribution is 2.12. The summed E-state index contributed by atoms with van der Waals surface area (Å²) in [7, 11) is 1.60. The van der Waals surface area contributed by atoms with E-state index in [-0.39, 0.29) is 22.3 Å². The highest BCUT2D eigenvalue weighted by molar-refractivity contribution is 7.80. The van der Waals surface area contributed by atoms with E-state index in [0.29, 0.717) is 24.4 Å². The molecule has 9 nitrogen and oxygen atoms in total. The summed E-state index contributed by atoms with van der Waals surface area (Å²) in [4.78, 5) is 34.3. The number of hydrogen-bond acceptors (Lipinski definition) is 6. The number of nitro benzene ring substituents is 1. The highest BCUT2D eigenvalue weighted by atomic mass is 32.1. The molecule has 29 heavy (non-hydrogen) atoms. The zero-order valence-corrected chi connectivity index (χ0v) is 16.5. The van der Waals surface area contributed by atoms with Crippen LogP contribution in [0, 0.1) is 10.1 Å². The van der Waals surface area contributed by atoms with E-state index in [0.717, 1.165) is 6.42 Å². The molecule has 0 bridgehead atoms. The van der Waals surface area contributed by atoms with Crippen molar-refractivity contribution < 1.29 is 19.2 Å². The van der Waals surface area contributed by atoms with Crippen LogP contribution >= 0.6 is 12.2 Å². The molecule has 2 rings (SSSR count). The Labute approximate surface area is 172 Å². The number of anilines is 1. The summed E-state index contributed by atoms with van der Waals surface area (Å²) in [5, 5.41) is 18.8. The summed E-state index contributed by atoms with van der Waals surface area (Å²) in [6, 6.07) is 11.8. The average Bonchev–Trinajstić information content (AvgIpc) is 2.71. The Morgan fingerprint density at radius 1 is 1.03 bits per heavy atom. The van der Waals surface area contributed by atoms with Gasteiger partial charge in [0.15, 0.2) is 5.11 Å². The number of methoxy groups -OCH3 is 1. The average molecular weight is 416 g/mol. The first-order valence-electron chi connectivity index (χ1n) is 8.64. The lowest BCUT2D eigenvalue weighted by molar-refractivity contribution is -0.384. The van der Waals surface area contributed by atoms with Crippen LogP contribution in [0.1, 0.15) is 27.1 Å². The molecule has 0 aliphatic heterocycles. The molecule has 0 saturated heterocycles. The van der Waals surface area contributed by atoms with Gasteiger partial charge in [-0.2, -0.15) is 0 Å². The van der Waals surface area contributed by atoms with Gasteiger partial charge in [0, 0.05) is 49.2 Å². The molecule has 0 aliphatic carbocycles. The van der Waals surface area contributed by atoms with E-state index in [9.17, 15) is 19.7 Å². The van der Waals surface area contributed by atoms with Crippen molar-refractivity contribution in [1.82, 2.24) is 10.6 Å². The SMILES string of the molecule is COCCCNC(=O)c1ccc(NC(=S)NC(=O)c2ccc([N+](=O)[O-])cc2)cc1. The molecule has 0 spiro atoms. The van der Waals surface area contributed by atoms with Crippen LogP contribution in [0.5, 0.6) is 0 Å². The predicted octanol–water partition coefficient (Wildman–Crippen LogP) is 2.49. The van der Waals surface area contributed by atoms with Crippen LogP contribution in [0.3, 0.4) is 0 Å². The molecule has 3 N–H and O–H groups in total. The van der Waals surface area contributed by atoms with Gasteiger partial charge in [0.2, 0.25) is 0 Å². The number of nitro groups is 1. The van der Waals surface area contributed by atoms with Gasteiger partial charge in [0.1, 0.15) is 0 Å². The number of ether oxygens (including phenoxy) is 1. The van der Waals surface area contributed by atoms with Crippen LogP contribution in [0.15, 0.2) is 48.5 Å². The van der Waals surface area contributed by atoms with Crippen molar-refractivity contribution >= 4 is 40.5 Å². The Bertz CT molecular complexity index is 884. The third kappa shape index (κ3) is 6.94. The fourth-order valence-electron chi connectivity index (χ4n) is 2.30. The van der Waals surface area contributed by atoms with Crippen molar-refractivity contribution in [3.8, 4) is 0 Å². The van der Waals surface area contributed by atoms with E-state index in [2.05, 4.69) is 16.0 Å². The van der Waals surface area contributed by atoms with E-state index in [1.807, 2.05) is 0 Å². The van der Waals surface area contributed by atoms with Gasteiger partial charge < -0.3 is 15.4 Å². The normalized spacial score (nSPS) is 10.1. The van der Waals surface area contributed by atoms with Crippen molar-refractivity contribution in [2.24, 2.45) is 0 Å². The van der Waals surface area contributed by atoms with Crippen molar-refractivity contribution in [1.29, 1.82) is 0 Å². The van der Waals surface area contributed by atoms with Gasteiger partial charge in [0.25, 0.3) is 17.5 Å². The molecule has 0 saturated carbocycles. The van der Waals surface area contributed by atoms with Crippen molar-refractivity contribution in [2.45, 2.75) is 6.42 Å². The molecule has 2 amide bonds. The maximum atomic E-state index is 12.1.